The molecule has 0 fully saturated rings. The average molecular weight is 204 g/mol. The second kappa shape index (κ2) is 3.76. The first kappa shape index (κ1) is 9.76. The number of nitrogens with zero attached hydrogens (tertiary/aromatic N) is 2. The number of benzene rings is 1. The summed E-state index contributed by atoms with van der Waals surface area (Å²) in [5.74, 6) is -0.156. The summed E-state index contributed by atoms with van der Waals surface area (Å²) < 4.78 is 1.70. The molecule has 0 saturated carbocycles. The van der Waals surface area contributed by atoms with Gasteiger partial charge < -0.3 is 19.7 Å². The lowest BCUT2D eigenvalue weighted by molar-refractivity contribution is 0.419. The molecule has 0 radical (unpaired) electrons. The van der Waals surface area contributed by atoms with Crippen LogP contribution in [0.3, 0.4) is 0 Å². The van der Waals surface area contributed by atoms with Crippen LogP contribution in [0.1, 0.15) is 0 Å². The zero-order valence-electron chi connectivity index (χ0n) is 7.78. The lowest BCUT2D eigenvalue weighted by Gasteiger charge is -2.06. The molecule has 5 nitrogen and oxygen atoms in total. The third kappa shape index (κ3) is 1.85. The van der Waals surface area contributed by atoms with Gasteiger partial charge >= 0.3 is 7.12 Å². The zero-order chi connectivity index (χ0) is 10.8. The minimum Gasteiger partial charge on any atom is -0.508 e. The molecule has 0 aliphatic rings. The Labute approximate surface area is 86.4 Å². The van der Waals surface area contributed by atoms with E-state index in [1.54, 1.807) is 29.4 Å². The molecule has 2 aromatic rings. The van der Waals surface area contributed by atoms with Crippen molar-refractivity contribution in [3.8, 4) is 11.4 Å². The zero-order valence-corrected chi connectivity index (χ0v) is 7.78. The van der Waals surface area contributed by atoms with Gasteiger partial charge in [0.1, 0.15) is 5.75 Å². The number of phenolic OH excluding ortho intramolecular Hbond substituents is 1. The van der Waals surface area contributed by atoms with E-state index in [1.165, 1.54) is 12.1 Å². The lowest BCUT2D eigenvalue weighted by Crippen LogP contribution is -2.29. The van der Waals surface area contributed by atoms with Crippen molar-refractivity contribution in [1.82, 2.24) is 9.55 Å². The molecule has 0 amide bonds. The van der Waals surface area contributed by atoms with Crippen molar-refractivity contribution in [2.75, 3.05) is 0 Å². The summed E-state index contributed by atoms with van der Waals surface area (Å²) in [5.41, 5.74) is 0.785. The minimum absolute atomic E-state index is 0.0823. The maximum Gasteiger partial charge on any atom is 0.492 e. The minimum atomic E-state index is -1.66. The molecule has 0 aliphatic carbocycles. The molecule has 76 valence electrons. The highest BCUT2D eigenvalue weighted by Gasteiger charge is 2.15. The summed E-state index contributed by atoms with van der Waals surface area (Å²) in [4.78, 5) is 3.87. The second-order valence-electron chi connectivity index (χ2n) is 3.09. The smallest absolute Gasteiger partial charge is 0.492 e. The largest absolute Gasteiger partial charge is 0.508 e. The maximum absolute atomic E-state index is 9.51. The second-order valence-corrected chi connectivity index (χ2v) is 3.09. The van der Waals surface area contributed by atoms with Gasteiger partial charge in [-0.05, 0) is 6.07 Å². The van der Waals surface area contributed by atoms with Gasteiger partial charge in [0, 0.05) is 23.9 Å². The Morgan fingerprint density at radius 3 is 2.60 bits per heavy atom. The van der Waals surface area contributed by atoms with E-state index in [1.807, 2.05) is 0 Å². The quantitative estimate of drug-likeness (QED) is 0.562. The Bertz CT molecular complexity index is 456. The normalized spacial score (nSPS) is 10.3. The molecule has 6 heteroatoms. The number of phenols is 1. The molecular weight excluding hydrogens is 195 g/mol. The topological polar surface area (TPSA) is 78.5 Å². The van der Waals surface area contributed by atoms with Crippen LogP contribution in [0.25, 0.3) is 5.69 Å². The first-order valence-electron chi connectivity index (χ1n) is 4.36. The van der Waals surface area contributed by atoms with Crippen LogP contribution >= 0.6 is 0 Å². The summed E-state index contributed by atoms with van der Waals surface area (Å²) in [6.07, 6.45) is 4.93. The summed E-state index contributed by atoms with van der Waals surface area (Å²) in [5, 5.41) is 27.3. The molecule has 0 unspecified atom stereocenters. The summed E-state index contributed by atoms with van der Waals surface area (Å²) in [6, 6.07) is 4.56. The van der Waals surface area contributed by atoms with E-state index in [0.717, 1.165) is 0 Å². The summed E-state index contributed by atoms with van der Waals surface area (Å²) in [6.45, 7) is 0. The van der Waals surface area contributed by atoms with Crippen LogP contribution in [0.15, 0.2) is 36.9 Å². The standard InChI is InChI=1S/C9H9BN2O3/c13-9-5-7(12-4-3-11-6-12)1-2-8(9)10(14)15/h1-6,13-15H. The number of rotatable bonds is 2. The van der Waals surface area contributed by atoms with Crippen LogP contribution in [-0.4, -0.2) is 31.8 Å². The third-order valence-corrected chi connectivity index (χ3v) is 2.09. The van der Waals surface area contributed by atoms with Gasteiger partial charge in [0.2, 0.25) is 0 Å². The van der Waals surface area contributed by atoms with Crippen LogP contribution in [0, 0.1) is 0 Å². The molecule has 0 bridgehead atoms. The number of aromatic hydroxyl groups is 1. The Balaban J connectivity index is 2.42. The van der Waals surface area contributed by atoms with Crippen molar-refractivity contribution in [3.05, 3.63) is 36.9 Å². The number of imidazole rings is 1. The molecule has 2 rings (SSSR count). The van der Waals surface area contributed by atoms with Crippen LogP contribution in [-0.2, 0) is 0 Å². The number of hydrogen-bond donors (Lipinski definition) is 3. The van der Waals surface area contributed by atoms with Crippen LogP contribution < -0.4 is 5.46 Å². The number of aromatic nitrogens is 2. The van der Waals surface area contributed by atoms with Crippen molar-refractivity contribution in [2.24, 2.45) is 0 Å². The Morgan fingerprint density at radius 1 is 1.27 bits per heavy atom. The summed E-state index contributed by atoms with van der Waals surface area (Å²) in [7, 11) is -1.66. The molecule has 1 aromatic carbocycles. The van der Waals surface area contributed by atoms with Gasteiger partial charge in [-0.3, -0.25) is 0 Å². The first-order chi connectivity index (χ1) is 7.18. The van der Waals surface area contributed by atoms with Gasteiger partial charge in [0.25, 0.3) is 0 Å². The Kier molecular flexibility index (Phi) is 2.45. The highest BCUT2D eigenvalue weighted by molar-refractivity contribution is 6.59. The molecule has 15 heavy (non-hydrogen) atoms. The fraction of sp³-hybridized carbons (Fsp3) is 0. The molecule has 0 saturated heterocycles. The summed E-state index contributed by atoms with van der Waals surface area (Å²) >= 11 is 0. The average Bonchev–Trinajstić information content (AvgIpc) is 2.69. The van der Waals surface area contributed by atoms with Gasteiger partial charge in [-0.25, -0.2) is 4.98 Å². The van der Waals surface area contributed by atoms with E-state index < -0.39 is 7.12 Å². The third-order valence-electron chi connectivity index (χ3n) is 2.09. The molecule has 0 spiro atoms. The molecular formula is C9H9BN2O3. The highest BCUT2D eigenvalue weighted by Crippen LogP contribution is 2.13. The van der Waals surface area contributed by atoms with E-state index in [4.69, 9.17) is 10.0 Å². The van der Waals surface area contributed by atoms with Gasteiger partial charge in [0.05, 0.1) is 12.0 Å². The molecule has 0 aliphatic heterocycles. The van der Waals surface area contributed by atoms with Crippen molar-refractivity contribution in [1.29, 1.82) is 0 Å². The van der Waals surface area contributed by atoms with Crippen molar-refractivity contribution in [2.45, 2.75) is 0 Å². The van der Waals surface area contributed by atoms with Crippen molar-refractivity contribution >= 4 is 12.6 Å². The van der Waals surface area contributed by atoms with Crippen molar-refractivity contribution in [3.63, 3.8) is 0 Å². The Hall–Kier alpha value is -1.79. The van der Waals surface area contributed by atoms with E-state index in [0.29, 0.717) is 5.69 Å². The van der Waals surface area contributed by atoms with E-state index >= 15 is 0 Å². The van der Waals surface area contributed by atoms with Crippen LogP contribution in [0.2, 0.25) is 0 Å². The molecule has 3 N–H and O–H groups in total. The van der Waals surface area contributed by atoms with Crippen LogP contribution in [0.4, 0.5) is 0 Å². The molecule has 1 aromatic heterocycles. The van der Waals surface area contributed by atoms with Crippen molar-refractivity contribution < 1.29 is 15.2 Å². The van der Waals surface area contributed by atoms with Gasteiger partial charge in [0.15, 0.2) is 0 Å². The molecule has 1 heterocycles. The van der Waals surface area contributed by atoms with Gasteiger partial charge in [-0.2, -0.15) is 0 Å². The fourth-order valence-corrected chi connectivity index (χ4v) is 1.32. The first-order valence-corrected chi connectivity index (χ1v) is 4.36. The fourth-order valence-electron chi connectivity index (χ4n) is 1.32. The predicted molar refractivity (Wildman–Crippen MR) is 55.1 cm³/mol. The van der Waals surface area contributed by atoms with E-state index in [2.05, 4.69) is 4.98 Å². The number of hydrogen-bond acceptors (Lipinski definition) is 4. The monoisotopic (exact) mass is 204 g/mol. The SMILES string of the molecule is OB(O)c1ccc(-n2ccnc2)cc1O. The highest BCUT2D eigenvalue weighted by atomic mass is 16.4. The van der Waals surface area contributed by atoms with Gasteiger partial charge in [-0.1, -0.05) is 6.07 Å². The van der Waals surface area contributed by atoms with E-state index in [9.17, 15) is 5.11 Å². The van der Waals surface area contributed by atoms with Gasteiger partial charge in [-0.15, -0.1) is 0 Å². The molecule has 0 atom stereocenters. The van der Waals surface area contributed by atoms with E-state index in [-0.39, 0.29) is 11.2 Å². The predicted octanol–water partition coefficient (Wildman–Crippen LogP) is -0.742. The Morgan fingerprint density at radius 2 is 2.07 bits per heavy atom. The maximum atomic E-state index is 9.51. The lowest BCUT2D eigenvalue weighted by atomic mass is 9.79. The van der Waals surface area contributed by atoms with Crippen LogP contribution in [0.5, 0.6) is 5.75 Å².